The molecule has 0 saturated carbocycles. The normalized spacial score (nSPS) is 26.6. The third-order valence-electron chi connectivity index (χ3n) is 4.78. The summed E-state index contributed by atoms with van der Waals surface area (Å²) in [4.78, 5) is 19.0. The van der Waals surface area contributed by atoms with Gasteiger partial charge in [0.15, 0.2) is 0 Å². The van der Waals surface area contributed by atoms with Crippen molar-refractivity contribution in [2.24, 2.45) is 5.41 Å². The van der Waals surface area contributed by atoms with Crippen molar-refractivity contribution in [1.82, 2.24) is 15.2 Å². The number of likely N-dealkylation sites (tertiary alicyclic amines) is 1. The zero-order chi connectivity index (χ0) is 14.7. The summed E-state index contributed by atoms with van der Waals surface area (Å²) in [6, 6.07) is 5.88. The predicted octanol–water partition coefficient (Wildman–Crippen LogP) is 1.58. The van der Waals surface area contributed by atoms with E-state index in [0.29, 0.717) is 5.88 Å². The first kappa shape index (κ1) is 14.3. The molecule has 2 aliphatic heterocycles. The number of aromatic nitrogens is 1. The Morgan fingerprint density at radius 2 is 2.24 bits per heavy atom. The van der Waals surface area contributed by atoms with Crippen LogP contribution in [0, 0.1) is 5.41 Å². The summed E-state index contributed by atoms with van der Waals surface area (Å²) in [5, 5.41) is 3.00. The zero-order valence-electron chi connectivity index (χ0n) is 12.6. The number of hydrogen-bond donors (Lipinski definition) is 1. The molecular weight excluding hydrogens is 266 g/mol. The van der Waals surface area contributed by atoms with Crippen molar-refractivity contribution in [1.29, 1.82) is 0 Å². The van der Waals surface area contributed by atoms with Crippen LogP contribution in [0.3, 0.4) is 0 Å². The molecular formula is C16H23N3O2. The lowest BCUT2D eigenvalue weighted by Gasteiger charge is -2.24. The van der Waals surface area contributed by atoms with Crippen LogP contribution >= 0.6 is 0 Å². The van der Waals surface area contributed by atoms with E-state index in [1.807, 2.05) is 18.2 Å². The molecule has 1 atom stereocenters. The summed E-state index contributed by atoms with van der Waals surface area (Å²) in [6.07, 6.45) is 4.05. The number of amides is 1. The highest BCUT2D eigenvalue weighted by Crippen LogP contribution is 2.38. The lowest BCUT2D eigenvalue weighted by molar-refractivity contribution is -0.128. The third kappa shape index (κ3) is 3.02. The van der Waals surface area contributed by atoms with E-state index < -0.39 is 0 Å². The minimum atomic E-state index is -0.101. The molecule has 2 fully saturated rings. The Morgan fingerprint density at radius 1 is 1.33 bits per heavy atom. The molecule has 1 N–H and O–H groups in total. The molecule has 1 spiro atoms. The van der Waals surface area contributed by atoms with Crippen molar-refractivity contribution in [3.8, 4) is 5.88 Å². The minimum absolute atomic E-state index is 0.101. The van der Waals surface area contributed by atoms with Gasteiger partial charge in [-0.3, -0.25) is 9.69 Å². The summed E-state index contributed by atoms with van der Waals surface area (Å²) in [7, 11) is 1.64. The zero-order valence-corrected chi connectivity index (χ0v) is 12.6. The van der Waals surface area contributed by atoms with Crippen molar-refractivity contribution in [3.63, 3.8) is 0 Å². The maximum Gasteiger partial charge on any atom is 0.226 e. The molecule has 2 aliphatic rings. The van der Waals surface area contributed by atoms with E-state index >= 15 is 0 Å². The van der Waals surface area contributed by atoms with Crippen molar-refractivity contribution in [2.45, 2.75) is 32.2 Å². The Hall–Kier alpha value is -1.62. The molecule has 3 rings (SSSR count). The molecule has 21 heavy (non-hydrogen) atoms. The smallest absolute Gasteiger partial charge is 0.226 e. The van der Waals surface area contributed by atoms with Gasteiger partial charge in [-0.2, -0.15) is 0 Å². The first-order valence-electron chi connectivity index (χ1n) is 7.72. The number of pyridine rings is 1. The molecule has 1 aromatic rings. The molecule has 3 heterocycles. The highest BCUT2D eigenvalue weighted by atomic mass is 16.5. The molecule has 0 aliphatic carbocycles. The van der Waals surface area contributed by atoms with Crippen LogP contribution in [0.25, 0.3) is 0 Å². The molecule has 0 unspecified atom stereocenters. The Balaban J connectivity index is 1.64. The summed E-state index contributed by atoms with van der Waals surface area (Å²) >= 11 is 0. The number of rotatable bonds is 3. The van der Waals surface area contributed by atoms with Crippen molar-refractivity contribution in [2.75, 3.05) is 26.7 Å². The predicted molar refractivity (Wildman–Crippen MR) is 80.0 cm³/mol. The maximum absolute atomic E-state index is 12.1. The fraction of sp³-hybridized carbons (Fsp3) is 0.625. The first-order chi connectivity index (χ1) is 10.2. The fourth-order valence-corrected chi connectivity index (χ4v) is 3.49. The summed E-state index contributed by atoms with van der Waals surface area (Å²) in [6.45, 7) is 3.67. The van der Waals surface area contributed by atoms with Crippen LogP contribution < -0.4 is 10.1 Å². The molecule has 114 valence electrons. The molecule has 0 aromatic carbocycles. The number of ether oxygens (including phenoxy) is 1. The lowest BCUT2D eigenvalue weighted by atomic mass is 9.79. The van der Waals surface area contributed by atoms with Gasteiger partial charge in [0.25, 0.3) is 0 Å². The highest BCUT2D eigenvalue weighted by Gasteiger charge is 2.42. The molecule has 5 nitrogen and oxygen atoms in total. The average molecular weight is 289 g/mol. The van der Waals surface area contributed by atoms with Gasteiger partial charge < -0.3 is 10.1 Å². The highest BCUT2D eigenvalue weighted by molar-refractivity contribution is 5.84. The van der Waals surface area contributed by atoms with Crippen LogP contribution in [-0.2, 0) is 11.3 Å². The molecule has 1 amide bonds. The van der Waals surface area contributed by atoms with E-state index in [1.54, 1.807) is 7.11 Å². The summed E-state index contributed by atoms with van der Waals surface area (Å²) in [5.74, 6) is 0.929. The Kier molecular flexibility index (Phi) is 4.10. The largest absolute Gasteiger partial charge is 0.481 e. The van der Waals surface area contributed by atoms with Crippen LogP contribution in [0.1, 0.15) is 31.4 Å². The Bertz CT molecular complexity index is 520. The van der Waals surface area contributed by atoms with E-state index in [9.17, 15) is 4.79 Å². The fourth-order valence-electron chi connectivity index (χ4n) is 3.49. The second kappa shape index (κ2) is 6.02. The first-order valence-corrected chi connectivity index (χ1v) is 7.72. The van der Waals surface area contributed by atoms with Crippen LogP contribution in [0.4, 0.5) is 0 Å². The topological polar surface area (TPSA) is 54.5 Å². The van der Waals surface area contributed by atoms with Crippen LogP contribution in [0.5, 0.6) is 5.88 Å². The van der Waals surface area contributed by atoms with Crippen molar-refractivity contribution < 1.29 is 9.53 Å². The second-order valence-corrected chi connectivity index (χ2v) is 6.09. The van der Waals surface area contributed by atoms with Gasteiger partial charge >= 0.3 is 0 Å². The van der Waals surface area contributed by atoms with Crippen molar-refractivity contribution >= 4 is 5.91 Å². The standard InChI is InChI=1S/C16H23N3O2/c1-21-14-5-2-4-13(18-14)12-19-10-3-6-16(8-11-19)7-9-17-15(16)20/h2,4-5H,3,6-12H2,1H3,(H,17,20)/t16-/m0/s1. The van der Waals surface area contributed by atoms with Crippen LogP contribution in [0.15, 0.2) is 18.2 Å². The Labute approximate surface area is 125 Å². The van der Waals surface area contributed by atoms with Crippen LogP contribution in [0.2, 0.25) is 0 Å². The number of methoxy groups -OCH3 is 1. The second-order valence-electron chi connectivity index (χ2n) is 6.09. The number of hydrogen-bond acceptors (Lipinski definition) is 4. The van der Waals surface area contributed by atoms with Crippen molar-refractivity contribution in [3.05, 3.63) is 23.9 Å². The summed E-state index contributed by atoms with van der Waals surface area (Å²) < 4.78 is 5.18. The van der Waals surface area contributed by atoms with Gasteiger partial charge in [0.2, 0.25) is 11.8 Å². The Morgan fingerprint density at radius 3 is 3.00 bits per heavy atom. The van der Waals surface area contributed by atoms with Gasteiger partial charge in [-0.1, -0.05) is 6.07 Å². The minimum Gasteiger partial charge on any atom is -0.481 e. The quantitative estimate of drug-likeness (QED) is 0.918. The van der Waals surface area contributed by atoms with E-state index in [-0.39, 0.29) is 11.3 Å². The van der Waals surface area contributed by atoms with E-state index in [0.717, 1.165) is 57.6 Å². The number of carbonyl (C=O) groups excluding carboxylic acids is 1. The SMILES string of the molecule is COc1cccc(CN2CCC[C@]3(CCNC3=O)CC2)n1. The third-order valence-corrected chi connectivity index (χ3v) is 4.78. The maximum atomic E-state index is 12.1. The molecule has 2 saturated heterocycles. The van der Waals surface area contributed by atoms with E-state index in [4.69, 9.17) is 4.74 Å². The molecule has 0 radical (unpaired) electrons. The van der Waals surface area contributed by atoms with Gasteiger partial charge in [0.1, 0.15) is 0 Å². The van der Waals surface area contributed by atoms with E-state index in [1.165, 1.54) is 0 Å². The van der Waals surface area contributed by atoms with E-state index in [2.05, 4.69) is 15.2 Å². The molecule has 0 bridgehead atoms. The van der Waals surface area contributed by atoms with Gasteiger partial charge in [-0.05, 0) is 44.8 Å². The molecule has 5 heteroatoms. The van der Waals surface area contributed by atoms with Gasteiger partial charge in [0.05, 0.1) is 18.2 Å². The van der Waals surface area contributed by atoms with Gasteiger partial charge in [-0.15, -0.1) is 0 Å². The van der Waals surface area contributed by atoms with Gasteiger partial charge in [-0.25, -0.2) is 4.98 Å². The average Bonchev–Trinajstić information content (AvgIpc) is 2.73. The number of nitrogens with one attached hydrogen (secondary N) is 1. The monoisotopic (exact) mass is 289 g/mol. The number of nitrogens with zero attached hydrogens (tertiary/aromatic N) is 2. The lowest BCUT2D eigenvalue weighted by Crippen LogP contribution is -2.32. The number of carbonyl (C=O) groups is 1. The molecule has 1 aromatic heterocycles. The van der Waals surface area contributed by atoms with Crippen LogP contribution in [-0.4, -0.2) is 42.5 Å². The summed E-state index contributed by atoms with van der Waals surface area (Å²) in [5.41, 5.74) is 0.928. The van der Waals surface area contributed by atoms with Gasteiger partial charge in [0, 0.05) is 19.2 Å².